The van der Waals surface area contributed by atoms with Crippen molar-refractivity contribution in [1.82, 2.24) is 0 Å². The average molecular weight is 462 g/mol. The fourth-order valence-electron chi connectivity index (χ4n) is 4.02. The minimum Gasteiger partial charge on any atom is -0.508 e. The molecule has 33 heavy (non-hydrogen) atoms. The first-order valence-electron chi connectivity index (χ1n) is 9.92. The fraction of sp³-hybridized carbons (Fsp3) is 0.0400. The summed E-state index contributed by atoms with van der Waals surface area (Å²) in [6, 6.07) is 17.3. The number of aromatic hydroxyl groups is 2. The van der Waals surface area contributed by atoms with Gasteiger partial charge in [0.1, 0.15) is 17.1 Å². The molecule has 3 aromatic carbocycles. The maximum absolute atomic E-state index is 13.5. The third-order valence-electron chi connectivity index (χ3n) is 5.48. The number of Topliss-reactive ketones (excluding diaryl/α,β-unsaturated/α-hetero) is 1. The molecule has 1 unspecified atom stereocenters. The Morgan fingerprint density at radius 1 is 0.939 bits per heavy atom. The van der Waals surface area contributed by atoms with Crippen molar-refractivity contribution in [3.63, 3.8) is 0 Å². The van der Waals surface area contributed by atoms with Crippen LogP contribution in [0.2, 0.25) is 5.02 Å². The molecule has 1 amide bonds. The molecule has 3 N–H and O–H groups in total. The van der Waals surface area contributed by atoms with Gasteiger partial charge in [-0.25, -0.2) is 0 Å². The van der Waals surface area contributed by atoms with Gasteiger partial charge in [0.2, 0.25) is 5.78 Å². The molecule has 0 aliphatic carbocycles. The summed E-state index contributed by atoms with van der Waals surface area (Å²) in [7, 11) is 0. The lowest BCUT2D eigenvalue weighted by molar-refractivity contribution is -0.117. The molecule has 0 saturated heterocycles. The highest BCUT2D eigenvalue weighted by molar-refractivity contribution is 6.31. The topological polar surface area (TPSA) is 111 Å². The van der Waals surface area contributed by atoms with Gasteiger partial charge >= 0.3 is 0 Å². The van der Waals surface area contributed by atoms with Crippen molar-refractivity contribution in [2.45, 2.75) is 6.04 Å². The molecular formula is C25H16ClNO6. The van der Waals surface area contributed by atoms with Crippen LogP contribution in [0.1, 0.15) is 22.2 Å². The monoisotopic (exact) mass is 461 g/mol. The van der Waals surface area contributed by atoms with Gasteiger partial charge in [0.25, 0.3) is 5.91 Å². The summed E-state index contributed by atoms with van der Waals surface area (Å²) in [6.07, 6.45) is 0. The van der Waals surface area contributed by atoms with Crippen LogP contribution in [0, 0.1) is 0 Å². The second kappa shape index (κ2) is 7.72. The number of nitrogens with zero attached hydrogens (tertiary/aromatic N) is 1. The zero-order valence-corrected chi connectivity index (χ0v) is 17.7. The van der Waals surface area contributed by atoms with Crippen molar-refractivity contribution in [1.29, 1.82) is 0 Å². The number of carbonyl (C=O) groups is 2. The Hall–Kier alpha value is -4.23. The lowest BCUT2D eigenvalue weighted by atomic mass is 9.94. The number of para-hydroxylation sites is 2. The van der Waals surface area contributed by atoms with Gasteiger partial charge in [-0.3, -0.25) is 14.5 Å². The van der Waals surface area contributed by atoms with E-state index in [1.54, 1.807) is 42.5 Å². The molecule has 164 valence electrons. The first kappa shape index (κ1) is 20.7. The lowest BCUT2D eigenvalue weighted by Gasteiger charge is -2.27. The number of halogens is 1. The van der Waals surface area contributed by atoms with Crippen LogP contribution in [0.15, 0.2) is 88.5 Å². The molecule has 0 spiro atoms. The molecule has 2 heterocycles. The van der Waals surface area contributed by atoms with Crippen LogP contribution < -0.4 is 4.90 Å². The van der Waals surface area contributed by atoms with Gasteiger partial charge in [-0.05, 0) is 54.1 Å². The van der Waals surface area contributed by atoms with Gasteiger partial charge in [-0.15, -0.1) is 0 Å². The van der Waals surface area contributed by atoms with Gasteiger partial charge in [-0.1, -0.05) is 35.9 Å². The number of hydrogen-bond donors (Lipinski definition) is 3. The van der Waals surface area contributed by atoms with Gasteiger partial charge in [0.05, 0.1) is 17.3 Å². The van der Waals surface area contributed by atoms with E-state index in [0.717, 1.165) is 4.90 Å². The van der Waals surface area contributed by atoms with Crippen LogP contribution in [0.25, 0.3) is 11.0 Å². The van der Waals surface area contributed by atoms with Crippen molar-refractivity contribution in [2.75, 3.05) is 4.90 Å². The number of phenols is 2. The van der Waals surface area contributed by atoms with Crippen LogP contribution in [0.3, 0.4) is 0 Å². The molecule has 7 nitrogen and oxygen atoms in total. The third-order valence-corrected chi connectivity index (χ3v) is 5.72. The van der Waals surface area contributed by atoms with E-state index in [1.165, 1.54) is 30.3 Å². The number of ketones is 1. The number of phenolic OH excluding ortho intramolecular Hbond substituents is 2. The van der Waals surface area contributed by atoms with E-state index in [4.69, 9.17) is 16.0 Å². The number of carbonyl (C=O) groups excluding carboxylic acids is 2. The maximum Gasteiger partial charge on any atom is 0.294 e. The molecule has 0 radical (unpaired) electrons. The Bertz CT molecular complexity index is 1470. The minimum atomic E-state index is -1.12. The van der Waals surface area contributed by atoms with Crippen molar-refractivity contribution in [3.8, 4) is 11.5 Å². The smallest absolute Gasteiger partial charge is 0.294 e. The number of hydrogen-bond acceptors (Lipinski definition) is 6. The quantitative estimate of drug-likeness (QED) is 0.356. The van der Waals surface area contributed by atoms with E-state index in [1.807, 2.05) is 0 Å². The molecule has 1 aromatic heterocycles. The number of fused-ring (bicyclic) bond motifs is 1. The normalized spacial score (nSPS) is 16.1. The van der Waals surface area contributed by atoms with Gasteiger partial charge in [0, 0.05) is 10.4 Å². The summed E-state index contributed by atoms with van der Waals surface area (Å²) in [5.74, 6) is -2.74. The zero-order valence-electron chi connectivity index (χ0n) is 16.9. The predicted molar refractivity (Wildman–Crippen MR) is 122 cm³/mol. The maximum atomic E-state index is 13.5. The van der Waals surface area contributed by atoms with E-state index in [9.17, 15) is 24.9 Å². The third kappa shape index (κ3) is 3.39. The standard InChI is InChI=1S/C25H16ClNO6/c26-15-8-9-19-14(10-15)12-20(33-19)23(30)21-22(13-4-3-5-16(28)11-13)27(25(32)24(21)31)17-6-1-2-7-18(17)29/h1-12,22,28-29,31H. The van der Waals surface area contributed by atoms with Crippen molar-refractivity contribution >= 4 is 39.9 Å². The van der Waals surface area contributed by atoms with Crippen molar-refractivity contribution in [3.05, 3.63) is 100 Å². The summed E-state index contributed by atoms with van der Waals surface area (Å²) < 4.78 is 5.67. The highest BCUT2D eigenvalue weighted by Crippen LogP contribution is 2.45. The van der Waals surface area contributed by atoms with Crippen LogP contribution in [-0.4, -0.2) is 27.0 Å². The molecule has 0 saturated carbocycles. The first-order valence-corrected chi connectivity index (χ1v) is 10.3. The number of furan rings is 1. The minimum absolute atomic E-state index is 0.0891. The molecule has 1 aliphatic rings. The molecule has 0 bridgehead atoms. The average Bonchev–Trinajstić information content (AvgIpc) is 3.32. The molecular weight excluding hydrogens is 446 g/mol. The SMILES string of the molecule is O=C(C1=C(O)C(=O)N(c2ccccc2O)C1c1cccc(O)c1)c1cc2cc(Cl)ccc2o1. The van der Waals surface area contributed by atoms with E-state index >= 15 is 0 Å². The second-order valence-corrected chi connectivity index (χ2v) is 7.98. The highest BCUT2D eigenvalue weighted by atomic mass is 35.5. The number of anilines is 1. The Balaban J connectivity index is 1.68. The number of rotatable bonds is 4. The summed E-state index contributed by atoms with van der Waals surface area (Å²) in [6.45, 7) is 0. The second-order valence-electron chi connectivity index (χ2n) is 7.55. The summed E-state index contributed by atoms with van der Waals surface area (Å²) in [5, 5.41) is 32.3. The Morgan fingerprint density at radius 3 is 2.48 bits per heavy atom. The highest BCUT2D eigenvalue weighted by Gasteiger charge is 2.46. The first-order chi connectivity index (χ1) is 15.8. The van der Waals surface area contributed by atoms with E-state index in [-0.39, 0.29) is 28.5 Å². The molecule has 8 heteroatoms. The number of aliphatic hydroxyl groups excluding tert-OH is 1. The summed E-state index contributed by atoms with van der Waals surface area (Å²) >= 11 is 6.02. The Morgan fingerprint density at radius 2 is 1.73 bits per heavy atom. The molecule has 1 aliphatic heterocycles. The predicted octanol–water partition coefficient (Wildman–Crippen LogP) is 5.28. The van der Waals surface area contributed by atoms with Gasteiger partial charge < -0.3 is 19.7 Å². The van der Waals surface area contributed by atoms with E-state index < -0.39 is 23.5 Å². The largest absolute Gasteiger partial charge is 0.508 e. The fourth-order valence-corrected chi connectivity index (χ4v) is 4.20. The molecule has 0 fully saturated rings. The van der Waals surface area contributed by atoms with Crippen LogP contribution >= 0.6 is 11.6 Å². The van der Waals surface area contributed by atoms with Crippen molar-refractivity contribution < 1.29 is 29.3 Å². The van der Waals surface area contributed by atoms with Crippen LogP contribution in [0.5, 0.6) is 11.5 Å². The Labute approximate surface area is 192 Å². The van der Waals surface area contributed by atoms with Gasteiger partial charge in [0.15, 0.2) is 11.5 Å². The molecule has 5 rings (SSSR count). The number of benzene rings is 3. The van der Waals surface area contributed by atoms with E-state index in [0.29, 0.717) is 21.6 Å². The Kier molecular flexibility index (Phi) is 4.83. The molecule has 1 atom stereocenters. The summed E-state index contributed by atoms with van der Waals surface area (Å²) in [4.78, 5) is 27.8. The van der Waals surface area contributed by atoms with Gasteiger partial charge in [-0.2, -0.15) is 0 Å². The summed E-state index contributed by atoms with van der Waals surface area (Å²) in [5.41, 5.74) is 0.636. The lowest BCUT2D eigenvalue weighted by Crippen LogP contribution is -2.31. The zero-order chi connectivity index (χ0) is 23.3. The van der Waals surface area contributed by atoms with Crippen molar-refractivity contribution in [2.24, 2.45) is 0 Å². The number of aliphatic hydroxyl groups is 1. The van der Waals surface area contributed by atoms with E-state index in [2.05, 4.69) is 0 Å². The van der Waals surface area contributed by atoms with Crippen LogP contribution in [0.4, 0.5) is 5.69 Å². The van der Waals surface area contributed by atoms with Crippen LogP contribution in [-0.2, 0) is 4.79 Å². The molecule has 4 aromatic rings. The number of amides is 1.